The molecule has 2 saturated heterocycles. The zero-order valence-corrected chi connectivity index (χ0v) is 63.1. The van der Waals surface area contributed by atoms with Crippen LogP contribution in [0.15, 0.2) is 71.6 Å². The zero-order valence-electron chi connectivity index (χ0n) is 55.4. The van der Waals surface area contributed by atoms with Crippen LogP contribution < -0.4 is 28.0 Å². The third-order valence-corrected chi connectivity index (χ3v) is 27.3. The summed E-state index contributed by atoms with van der Waals surface area (Å²) in [6.45, 7) is 4.84. The van der Waals surface area contributed by atoms with Gasteiger partial charge in [-0.1, -0.05) is 37.0 Å². The summed E-state index contributed by atoms with van der Waals surface area (Å²) < 4.78 is 233. The van der Waals surface area contributed by atoms with Crippen LogP contribution >= 0.6 is 81.9 Å². The molecule has 2 spiro atoms. The van der Waals surface area contributed by atoms with Gasteiger partial charge in [-0.2, -0.15) is 17.2 Å². The number of phosphoric acid groups is 6. The van der Waals surface area contributed by atoms with Gasteiger partial charge in [-0.25, -0.2) is 63.7 Å². The topological polar surface area (TPSA) is 521 Å². The number of thioether (sulfide) groups is 1. The number of hydrogen-bond donors (Lipinski definition) is 10. The van der Waals surface area contributed by atoms with Gasteiger partial charge in [-0.05, 0) is 56.3 Å². The normalized spacial score (nSPS) is 25.9. The van der Waals surface area contributed by atoms with Crippen LogP contribution in [0.3, 0.4) is 0 Å². The van der Waals surface area contributed by atoms with Crippen molar-refractivity contribution < 1.29 is 192 Å². The minimum atomic E-state index is -6.15. The number of carboxylic acid groups (broad SMARTS) is 2. The van der Waals surface area contributed by atoms with Crippen LogP contribution in [0.25, 0.3) is 0 Å². The number of aromatic carboxylic acids is 1. The maximum Gasteiger partial charge on any atom is 0.536 e. The number of aliphatic carboxylic acids is 1. The lowest BCUT2D eigenvalue weighted by atomic mass is 9.77. The molecule has 0 saturated carbocycles. The Hall–Kier alpha value is -6.68. The Kier molecular flexibility index (Phi) is 23.2. The van der Waals surface area contributed by atoms with Gasteiger partial charge in [0.1, 0.15) is 52.3 Å². The highest BCUT2D eigenvalue weighted by Crippen LogP contribution is 2.71. The van der Waals surface area contributed by atoms with E-state index in [1.807, 2.05) is 0 Å². The Balaban J connectivity index is 0.000000217. The SMILES string of the molecule is COc1cc2c(cc1Cl)C1(OC(=O)c3ccc(C(=O)O)cc31)c1cc(Cl)c(OP(=O)(O)OP(=O)(O)OP(=O)(O)OC[C@H]3O[C@@H](C)[C@@H](C)C3O)cc1O2.COc1cc2c(cc1F)C1(OC(=O)c3c(F)c(F)c(SCC(=O)O)c(F)c31)c1cc(F)c(OP(=O)(O)OP(=O)(O)OP(=O)(O)OC[C@H]3O[C@@H](C)[C@@H](C)C3O)cc1O2. The number of carboxylic acids is 2. The lowest BCUT2D eigenvalue weighted by Gasteiger charge is -2.37. The van der Waals surface area contributed by atoms with E-state index in [9.17, 15) is 91.2 Å². The van der Waals surface area contributed by atoms with Gasteiger partial charge < -0.3 is 86.9 Å². The molecule has 16 atom stereocenters. The third-order valence-electron chi connectivity index (χ3n) is 17.2. The molecule has 10 unspecified atom stereocenters. The van der Waals surface area contributed by atoms with Gasteiger partial charge in [0.05, 0.1) is 100 Å². The molecule has 109 heavy (non-hydrogen) atoms. The van der Waals surface area contributed by atoms with Crippen molar-refractivity contribution in [1.82, 2.24) is 0 Å². The number of halogens is 7. The summed E-state index contributed by atoms with van der Waals surface area (Å²) in [5, 5.41) is 38.7. The molecule has 36 nitrogen and oxygen atoms in total. The van der Waals surface area contributed by atoms with E-state index in [-0.39, 0.29) is 73.8 Å². The average Bonchev–Trinajstić information content (AvgIpc) is 1.58. The van der Waals surface area contributed by atoms with E-state index in [1.54, 1.807) is 27.7 Å². The number of aliphatic hydroxyl groups excluding tert-OH is 2. The van der Waals surface area contributed by atoms with E-state index in [4.69, 9.17) is 70.7 Å². The van der Waals surface area contributed by atoms with E-state index >= 15 is 22.0 Å². The van der Waals surface area contributed by atoms with Crippen LogP contribution in [0, 0.1) is 40.9 Å². The van der Waals surface area contributed by atoms with E-state index in [0.717, 1.165) is 25.3 Å². The molecule has 2 fully saturated rings. The fraction of sp³-hybridized carbons (Fsp3) is 0.322. The first-order valence-corrected chi connectivity index (χ1v) is 41.2. The first-order valence-electron chi connectivity index (χ1n) is 30.5. The molecule has 0 aromatic heterocycles. The molecule has 6 heterocycles. The molecule has 0 amide bonds. The molecule has 0 aliphatic carbocycles. The van der Waals surface area contributed by atoms with Crippen molar-refractivity contribution in [3.63, 3.8) is 0 Å². The Labute approximate surface area is 621 Å². The van der Waals surface area contributed by atoms with Gasteiger partial charge >= 0.3 is 70.8 Å². The minimum absolute atomic E-state index is 0.0136. The van der Waals surface area contributed by atoms with Crippen LogP contribution in [-0.2, 0) is 88.6 Å². The Morgan fingerprint density at radius 2 is 0.945 bits per heavy atom. The Morgan fingerprint density at radius 1 is 0.523 bits per heavy atom. The van der Waals surface area contributed by atoms with Crippen LogP contribution in [0.5, 0.6) is 46.0 Å². The number of ether oxygens (including phenoxy) is 8. The number of hydrogen-bond acceptors (Lipinski definition) is 29. The summed E-state index contributed by atoms with van der Waals surface area (Å²) in [4.78, 5) is 109. The summed E-state index contributed by atoms with van der Waals surface area (Å²) in [6.07, 6.45) is -5.55. The molecule has 6 aliphatic rings. The van der Waals surface area contributed by atoms with Gasteiger partial charge in [-0.15, -0.1) is 11.8 Å². The predicted octanol–water partition coefficient (Wildman–Crippen LogP) is 11.4. The summed E-state index contributed by atoms with van der Waals surface area (Å²) in [7, 11) is -32.8. The van der Waals surface area contributed by atoms with Crippen molar-refractivity contribution in [3.8, 4) is 46.0 Å². The number of aliphatic hydroxyl groups is 2. The van der Waals surface area contributed by atoms with Gasteiger partial charge in [-0.3, -0.25) is 23.6 Å². The Bertz CT molecular complexity index is 5130. The monoisotopic (exact) mass is 1720 g/mol. The quantitative estimate of drug-likeness (QED) is 0.00884. The van der Waals surface area contributed by atoms with E-state index in [0.29, 0.717) is 12.1 Å². The van der Waals surface area contributed by atoms with Crippen LogP contribution in [0.2, 0.25) is 10.0 Å². The molecule has 0 bridgehead atoms. The summed E-state index contributed by atoms with van der Waals surface area (Å²) >= 11 is 12.8. The molecule has 6 aromatic rings. The highest BCUT2D eigenvalue weighted by molar-refractivity contribution is 8.00. The van der Waals surface area contributed by atoms with E-state index in [2.05, 4.69) is 30.8 Å². The lowest BCUT2D eigenvalue weighted by Crippen LogP contribution is -2.34. The number of carbonyl (C=O) groups excluding carboxylic acids is 2. The maximum absolute atomic E-state index is 16.4. The van der Waals surface area contributed by atoms with Crippen molar-refractivity contribution in [3.05, 3.63) is 156 Å². The highest BCUT2D eigenvalue weighted by atomic mass is 35.5. The lowest BCUT2D eigenvalue weighted by molar-refractivity contribution is -0.134. The number of benzene rings is 6. The Morgan fingerprint density at radius 3 is 1.40 bits per heavy atom. The van der Waals surface area contributed by atoms with Crippen molar-refractivity contribution in [2.24, 2.45) is 11.8 Å². The number of rotatable bonds is 24. The largest absolute Gasteiger partial charge is 0.536 e. The highest BCUT2D eigenvalue weighted by Gasteiger charge is 2.60. The zero-order chi connectivity index (χ0) is 80.3. The first-order chi connectivity index (χ1) is 50.6. The van der Waals surface area contributed by atoms with Crippen molar-refractivity contribution in [2.75, 3.05) is 33.2 Å². The van der Waals surface area contributed by atoms with E-state index < -0.39 is 234 Å². The van der Waals surface area contributed by atoms with Crippen molar-refractivity contribution >= 4 is 106 Å². The van der Waals surface area contributed by atoms with Crippen LogP contribution in [0.1, 0.15) is 92.1 Å². The first kappa shape index (κ1) is 83.3. The standard InChI is InChI=1S/C30H26F5O18P3S.C29H27Cl2O18P3/c1-10-11(2)48-20(27(10)38)8-47-54(40,41)52-56(44,45)53-55(42,43)51-19-7-17-13(5-15(19)32)30(12-4-14(31)18(46-3)6-16(12)49-17)23-22(29(39)50-30)24(33)26(35)28(25(23)34)57-9-21(36)37;1-12-13(2)44-25(26(12)32)11-43-50(36,37)48-52(40,41)49-51(38,39)47-24-10-22-18(8-20(24)31)29(17-7-19(30)23(42-3)9-21(17)45-22)16-6-14(27(33)34)4-5-15(16)28(35)46-29/h4-7,10-11,20,27,38H,8-9H2,1-3H3,(H,36,37)(H,40,41)(H,42,43)(H,44,45);4-10,12-13,25-26,32H,11H2,1-3H3,(H,33,34)(H,36,37)(H,38,39)(H,40,41)/t10-,11+,20-,27?,30?;12-,13+,25-,26?,29?/m11/s1. The van der Waals surface area contributed by atoms with Crippen LogP contribution in [-0.4, -0.2) is 143 Å². The molecule has 0 radical (unpaired) electrons. The van der Waals surface area contributed by atoms with Gasteiger partial charge in [0.25, 0.3) is 0 Å². The number of methoxy groups -OCH3 is 2. The molecular formula is C59H53Cl2F5O36P6S. The second kappa shape index (κ2) is 30.3. The predicted molar refractivity (Wildman–Crippen MR) is 353 cm³/mol. The van der Waals surface area contributed by atoms with Gasteiger partial charge in [0.2, 0.25) is 0 Å². The average molecular weight is 1720 g/mol. The second-order valence-corrected chi connectivity index (χ2v) is 34.9. The third kappa shape index (κ3) is 16.3. The summed E-state index contributed by atoms with van der Waals surface area (Å²) in [5.41, 5.74) is -9.08. The molecular weight excluding hydrogens is 1670 g/mol. The number of esters is 2. The minimum Gasteiger partial charge on any atom is -0.495 e. The van der Waals surface area contributed by atoms with Gasteiger partial charge in [0.15, 0.2) is 51.7 Å². The van der Waals surface area contributed by atoms with Crippen molar-refractivity contribution in [1.29, 1.82) is 0 Å². The second-order valence-electron chi connectivity index (χ2n) is 24.0. The van der Waals surface area contributed by atoms with Gasteiger partial charge in [0, 0.05) is 52.8 Å². The maximum atomic E-state index is 16.4. The molecule has 12 rings (SSSR count). The van der Waals surface area contributed by atoms with E-state index in [1.165, 1.54) is 37.4 Å². The molecule has 50 heteroatoms. The summed E-state index contributed by atoms with van der Waals surface area (Å²) in [6, 6.07) is 10.4. The number of fused-ring (bicyclic) bond motifs is 12. The summed E-state index contributed by atoms with van der Waals surface area (Å²) in [5.74, 6) is -20.4. The fourth-order valence-corrected chi connectivity index (χ4v) is 20.3. The smallest absolute Gasteiger partial charge is 0.495 e. The van der Waals surface area contributed by atoms with Crippen LogP contribution in [0.4, 0.5) is 22.0 Å². The molecule has 6 aliphatic heterocycles. The number of carbonyl (C=O) groups is 4. The number of phosphoric ester groups is 4. The molecule has 10 N–H and O–H groups in total. The molecule has 6 aromatic carbocycles. The molecule has 590 valence electrons. The van der Waals surface area contributed by atoms with Crippen molar-refractivity contribution in [2.45, 2.75) is 80.4 Å². The fourth-order valence-electron chi connectivity index (χ4n) is 12.1.